The highest BCUT2D eigenvalue weighted by Crippen LogP contribution is 2.29. The van der Waals surface area contributed by atoms with Crippen LogP contribution in [0.15, 0.2) is 30.3 Å². The van der Waals surface area contributed by atoms with Crippen LogP contribution < -0.4 is 0 Å². The first kappa shape index (κ1) is 14.3. The number of imidazole rings is 1. The molecule has 3 aromatic rings. The number of fused-ring (bicyclic) bond motifs is 1. The average molecular weight is 327 g/mol. The molecule has 0 radical (unpaired) electrons. The first-order chi connectivity index (χ1) is 10.0. The van der Waals surface area contributed by atoms with Crippen molar-refractivity contribution in [2.45, 2.75) is 12.8 Å². The van der Waals surface area contributed by atoms with Crippen LogP contribution in [0.3, 0.4) is 0 Å². The minimum atomic E-state index is -0.583. The molecule has 0 aliphatic heterocycles. The number of hydrogen-bond donors (Lipinski definition) is 0. The molecule has 0 aliphatic carbocycles. The first-order valence-electron chi connectivity index (χ1n) is 6.20. The molecule has 0 amide bonds. The third-order valence-electron chi connectivity index (χ3n) is 3.30. The van der Waals surface area contributed by atoms with Crippen molar-refractivity contribution in [1.82, 2.24) is 9.55 Å². The smallest absolute Gasteiger partial charge is 0.147 e. The lowest BCUT2D eigenvalue weighted by atomic mass is 10.2. The van der Waals surface area contributed by atoms with Crippen LogP contribution in [0.4, 0.5) is 8.78 Å². The van der Waals surface area contributed by atoms with E-state index in [1.165, 1.54) is 22.8 Å². The normalized spacial score (nSPS) is 11.3. The van der Waals surface area contributed by atoms with Crippen LogP contribution >= 0.6 is 23.2 Å². The van der Waals surface area contributed by atoms with E-state index in [2.05, 4.69) is 4.98 Å². The van der Waals surface area contributed by atoms with Gasteiger partial charge in [0.1, 0.15) is 17.5 Å². The number of halogens is 4. The van der Waals surface area contributed by atoms with E-state index in [1.807, 2.05) is 0 Å². The van der Waals surface area contributed by atoms with Crippen LogP contribution in [0, 0.1) is 18.6 Å². The predicted molar refractivity (Wildman–Crippen MR) is 80.3 cm³/mol. The zero-order valence-electron chi connectivity index (χ0n) is 11.0. The Hall–Kier alpha value is -1.65. The first-order valence-corrected chi connectivity index (χ1v) is 7.12. The molecule has 0 atom stereocenters. The Labute approximate surface area is 129 Å². The second kappa shape index (κ2) is 5.28. The van der Waals surface area contributed by atoms with Crippen molar-refractivity contribution in [2.75, 3.05) is 0 Å². The molecule has 0 unspecified atom stereocenters. The summed E-state index contributed by atoms with van der Waals surface area (Å²) in [6.07, 6.45) is 0. The molecule has 2 aromatic carbocycles. The van der Waals surface area contributed by atoms with E-state index in [0.29, 0.717) is 28.1 Å². The van der Waals surface area contributed by atoms with Crippen molar-refractivity contribution < 1.29 is 8.78 Å². The molecule has 0 saturated carbocycles. The van der Waals surface area contributed by atoms with Crippen LogP contribution in [0.5, 0.6) is 0 Å². The summed E-state index contributed by atoms with van der Waals surface area (Å²) >= 11 is 11.7. The molecular formula is C15H10Cl2F2N2. The van der Waals surface area contributed by atoms with Gasteiger partial charge in [-0.2, -0.15) is 0 Å². The number of benzene rings is 2. The summed E-state index contributed by atoms with van der Waals surface area (Å²) in [6.45, 7) is 1.77. The van der Waals surface area contributed by atoms with E-state index in [1.54, 1.807) is 19.1 Å². The zero-order chi connectivity index (χ0) is 15.1. The van der Waals surface area contributed by atoms with Crippen LogP contribution in [0.2, 0.25) is 5.02 Å². The molecule has 0 fully saturated rings. The van der Waals surface area contributed by atoms with Crippen molar-refractivity contribution in [3.63, 3.8) is 0 Å². The van der Waals surface area contributed by atoms with Gasteiger partial charge >= 0.3 is 0 Å². The van der Waals surface area contributed by atoms with E-state index in [4.69, 9.17) is 23.2 Å². The van der Waals surface area contributed by atoms with E-state index < -0.39 is 11.6 Å². The number of aryl methyl sites for hydroxylation is 1. The predicted octanol–water partition coefficient (Wildman–Crippen LogP) is 5.00. The van der Waals surface area contributed by atoms with Gasteiger partial charge in [0.2, 0.25) is 0 Å². The van der Waals surface area contributed by atoms with Crippen molar-refractivity contribution in [2.24, 2.45) is 0 Å². The van der Waals surface area contributed by atoms with Crippen LogP contribution in [0.1, 0.15) is 11.4 Å². The molecule has 0 bridgehead atoms. The lowest BCUT2D eigenvalue weighted by molar-refractivity contribution is 0.615. The van der Waals surface area contributed by atoms with Crippen LogP contribution in [0.25, 0.3) is 16.7 Å². The molecule has 6 heteroatoms. The summed E-state index contributed by atoms with van der Waals surface area (Å²) in [7, 11) is 0. The van der Waals surface area contributed by atoms with Gasteiger partial charge < -0.3 is 0 Å². The summed E-state index contributed by atoms with van der Waals surface area (Å²) in [5.74, 6) is -0.500. The number of aromatic nitrogens is 2. The van der Waals surface area contributed by atoms with Gasteiger partial charge in [-0.25, -0.2) is 13.8 Å². The van der Waals surface area contributed by atoms with E-state index in [9.17, 15) is 8.78 Å². The number of para-hydroxylation sites is 1. The molecule has 1 aromatic heterocycles. The lowest BCUT2D eigenvalue weighted by Crippen LogP contribution is -2.04. The molecule has 1 heterocycles. The third-order valence-corrected chi connectivity index (χ3v) is 3.83. The van der Waals surface area contributed by atoms with Gasteiger partial charge in [-0.05, 0) is 24.6 Å². The van der Waals surface area contributed by atoms with Crippen molar-refractivity contribution in [1.29, 1.82) is 0 Å². The maximum atomic E-state index is 14.2. The SMILES string of the molecule is Cc1cccc(F)c1-n1c(CCl)nc2cc(Cl)c(F)cc21. The number of hydrogen-bond acceptors (Lipinski definition) is 1. The van der Waals surface area contributed by atoms with E-state index >= 15 is 0 Å². The highest BCUT2D eigenvalue weighted by atomic mass is 35.5. The monoisotopic (exact) mass is 326 g/mol. The van der Waals surface area contributed by atoms with Gasteiger partial charge in [-0.15, -0.1) is 11.6 Å². The molecular weight excluding hydrogens is 317 g/mol. The Bertz CT molecular complexity index is 823. The van der Waals surface area contributed by atoms with Gasteiger partial charge in [0.25, 0.3) is 0 Å². The highest BCUT2D eigenvalue weighted by molar-refractivity contribution is 6.31. The number of rotatable bonds is 2. The molecule has 0 N–H and O–H groups in total. The van der Waals surface area contributed by atoms with E-state index in [0.717, 1.165) is 0 Å². The summed E-state index contributed by atoms with van der Waals surface area (Å²) in [5, 5.41) is -0.0291. The Morgan fingerprint density at radius 1 is 1.19 bits per heavy atom. The molecule has 2 nitrogen and oxygen atoms in total. The Kier molecular flexibility index (Phi) is 3.59. The van der Waals surface area contributed by atoms with Gasteiger partial charge in [0.05, 0.1) is 27.6 Å². The summed E-state index contributed by atoms with van der Waals surface area (Å²) in [5.41, 5.74) is 1.92. The Morgan fingerprint density at radius 2 is 1.95 bits per heavy atom. The molecule has 3 rings (SSSR count). The molecule has 0 spiro atoms. The topological polar surface area (TPSA) is 17.8 Å². The van der Waals surface area contributed by atoms with Crippen molar-refractivity contribution >= 4 is 34.2 Å². The zero-order valence-corrected chi connectivity index (χ0v) is 12.5. The number of alkyl halides is 1. The summed E-state index contributed by atoms with van der Waals surface area (Å²) in [4.78, 5) is 4.30. The Morgan fingerprint density at radius 3 is 2.62 bits per heavy atom. The second-order valence-electron chi connectivity index (χ2n) is 4.66. The molecule has 0 saturated heterocycles. The van der Waals surface area contributed by atoms with Crippen molar-refractivity contribution in [3.05, 3.63) is 58.4 Å². The lowest BCUT2D eigenvalue weighted by Gasteiger charge is -2.12. The van der Waals surface area contributed by atoms with Crippen molar-refractivity contribution in [3.8, 4) is 5.69 Å². The molecule has 21 heavy (non-hydrogen) atoms. The minimum absolute atomic E-state index is 0.0291. The van der Waals surface area contributed by atoms with Crippen LogP contribution in [-0.2, 0) is 5.88 Å². The third kappa shape index (κ3) is 2.28. The largest absolute Gasteiger partial charge is 0.292 e. The summed E-state index contributed by atoms with van der Waals surface area (Å²) < 4.78 is 29.5. The standard InChI is InChI=1S/C15H10Cl2F2N2/c1-8-3-2-4-10(18)15(8)21-13-6-11(19)9(17)5-12(13)20-14(21)7-16/h2-6H,7H2,1H3. The molecule has 0 aliphatic rings. The minimum Gasteiger partial charge on any atom is -0.292 e. The quantitative estimate of drug-likeness (QED) is 0.605. The molecule has 108 valence electrons. The fraction of sp³-hybridized carbons (Fsp3) is 0.133. The van der Waals surface area contributed by atoms with E-state index in [-0.39, 0.29) is 10.9 Å². The highest BCUT2D eigenvalue weighted by Gasteiger charge is 2.18. The summed E-state index contributed by atoms with van der Waals surface area (Å²) in [6, 6.07) is 7.39. The maximum absolute atomic E-state index is 14.2. The van der Waals surface area contributed by atoms with Gasteiger partial charge in [0, 0.05) is 6.07 Å². The van der Waals surface area contributed by atoms with Crippen LogP contribution in [-0.4, -0.2) is 9.55 Å². The van der Waals surface area contributed by atoms with Gasteiger partial charge in [-0.3, -0.25) is 4.57 Å². The number of nitrogens with zero attached hydrogens (tertiary/aromatic N) is 2. The maximum Gasteiger partial charge on any atom is 0.147 e. The fourth-order valence-corrected chi connectivity index (χ4v) is 2.71. The Balaban J connectivity index is 2.43. The van der Waals surface area contributed by atoms with Gasteiger partial charge in [-0.1, -0.05) is 23.7 Å². The fourth-order valence-electron chi connectivity index (χ4n) is 2.37. The van der Waals surface area contributed by atoms with Gasteiger partial charge in [0.15, 0.2) is 0 Å². The second-order valence-corrected chi connectivity index (χ2v) is 5.33. The average Bonchev–Trinajstić information content (AvgIpc) is 2.77.